The zero-order valence-electron chi connectivity index (χ0n) is 16.2. The monoisotopic (exact) mass is 430 g/mol. The van der Waals surface area contributed by atoms with Crippen molar-refractivity contribution in [3.05, 3.63) is 63.9 Å². The number of carbonyl (C=O) groups is 2. The van der Waals surface area contributed by atoms with Crippen LogP contribution in [0.2, 0.25) is 5.02 Å². The number of carboxylic acids is 1. The highest BCUT2D eigenvalue weighted by molar-refractivity contribution is 7.16. The lowest BCUT2D eigenvalue weighted by atomic mass is 10.1. The number of fused-ring (bicyclic) bond motifs is 1. The molecule has 5 nitrogen and oxygen atoms in total. The highest BCUT2D eigenvalue weighted by Crippen LogP contribution is 2.24. The highest BCUT2D eigenvalue weighted by atomic mass is 35.5. The maximum absolute atomic E-state index is 12.7. The number of unbranched alkanes of at least 4 members (excludes halogenated alkanes) is 3. The summed E-state index contributed by atoms with van der Waals surface area (Å²) in [6.07, 6.45) is 4.45. The Bertz CT molecular complexity index is 1090. The second kappa shape index (κ2) is 9.85. The van der Waals surface area contributed by atoms with Gasteiger partial charge in [-0.2, -0.15) is 4.99 Å². The number of hydrogen-bond donors (Lipinski definition) is 1. The number of benzene rings is 2. The molecule has 3 rings (SSSR count). The van der Waals surface area contributed by atoms with Crippen LogP contribution in [0.4, 0.5) is 0 Å². The van der Waals surface area contributed by atoms with E-state index < -0.39 is 17.9 Å². The molecule has 1 heterocycles. The lowest BCUT2D eigenvalue weighted by molar-refractivity contribution is -0.141. The molecular formula is C22H23ClN2O3S. The average molecular weight is 431 g/mol. The van der Waals surface area contributed by atoms with Gasteiger partial charge in [0.05, 0.1) is 10.2 Å². The summed E-state index contributed by atoms with van der Waals surface area (Å²) in [6.45, 7) is 2.12. The third-order valence-electron chi connectivity index (χ3n) is 4.73. The number of thiazole rings is 1. The van der Waals surface area contributed by atoms with Crippen LogP contribution in [0.5, 0.6) is 0 Å². The molecular weight excluding hydrogens is 408 g/mol. The fourth-order valence-corrected chi connectivity index (χ4v) is 4.53. The van der Waals surface area contributed by atoms with Crippen LogP contribution >= 0.6 is 22.9 Å². The van der Waals surface area contributed by atoms with E-state index in [1.807, 2.05) is 24.3 Å². The number of aliphatic carboxylic acids is 1. The fraction of sp³-hybridized carbons (Fsp3) is 0.318. The van der Waals surface area contributed by atoms with Crippen LogP contribution in [0, 0.1) is 0 Å². The maximum atomic E-state index is 12.7. The van der Waals surface area contributed by atoms with E-state index in [-0.39, 0.29) is 0 Å². The van der Waals surface area contributed by atoms with E-state index >= 15 is 0 Å². The molecule has 0 saturated heterocycles. The predicted octanol–water partition coefficient (Wildman–Crippen LogP) is 5.69. The molecule has 1 N–H and O–H groups in total. The van der Waals surface area contributed by atoms with E-state index in [0.29, 0.717) is 21.8 Å². The molecule has 3 aromatic rings. The van der Waals surface area contributed by atoms with Crippen molar-refractivity contribution in [3.8, 4) is 0 Å². The zero-order valence-corrected chi connectivity index (χ0v) is 17.7. The lowest BCUT2D eigenvalue weighted by Crippen LogP contribution is -2.28. The Hall–Kier alpha value is -2.44. The van der Waals surface area contributed by atoms with Crippen LogP contribution in [-0.4, -0.2) is 21.6 Å². The molecule has 7 heteroatoms. The Morgan fingerprint density at radius 2 is 1.93 bits per heavy atom. The van der Waals surface area contributed by atoms with Crippen molar-refractivity contribution >= 4 is 45.0 Å². The summed E-state index contributed by atoms with van der Waals surface area (Å²) in [4.78, 5) is 29.5. The number of hydrogen-bond acceptors (Lipinski definition) is 3. The molecule has 152 valence electrons. The molecule has 0 bridgehead atoms. The molecule has 29 heavy (non-hydrogen) atoms. The first kappa shape index (κ1) is 21.3. The smallest absolute Gasteiger partial charge is 0.326 e. The van der Waals surface area contributed by atoms with Crippen molar-refractivity contribution in [1.29, 1.82) is 0 Å². The maximum Gasteiger partial charge on any atom is 0.326 e. The molecule has 0 radical (unpaired) electrons. The first-order valence-corrected chi connectivity index (χ1v) is 10.9. The highest BCUT2D eigenvalue weighted by Gasteiger charge is 2.23. The molecule has 0 aliphatic carbocycles. The van der Waals surface area contributed by atoms with Gasteiger partial charge in [0, 0.05) is 10.6 Å². The predicted molar refractivity (Wildman–Crippen MR) is 117 cm³/mol. The largest absolute Gasteiger partial charge is 0.480 e. The third-order valence-corrected chi connectivity index (χ3v) is 6.00. The Morgan fingerprint density at radius 3 is 2.66 bits per heavy atom. The molecule has 1 unspecified atom stereocenters. The summed E-state index contributed by atoms with van der Waals surface area (Å²) < 4.78 is 2.58. The minimum Gasteiger partial charge on any atom is -0.480 e. The fourth-order valence-electron chi connectivity index (χ4n) is 3.27. The number of carboxylic acid groups (broad SMARTS) is 1. The summed E-state index contributed by atoms with van der Waals surface area (Å²) in [6, 6.07) is 13.4. The molecule has 1 amide bonds. The zero-order chi connectivity index (χ0) is 20.8. The van der Waals surface area contributed by atoms with Crippen molar-refractivity contribution < 1.29 is 14.7 Å². The van der Waals surface area contributed by atoms with Gasteiger partial charge in [-0.1, -0.05) is 73.7 Å². The molecule has 0 spiro atoms. The van der Waals surface area contributed by atoms with Crippen LogP contribution < -0.4 is 4.80 Å². The molecule has 0 fully saturated rings. The van der Waals surface area contributed by atoms with Gasteiger partial charge in [-0.05, 0) is 36.8 Å². The van der Waals surface area contributed by atoms with E-state index in [2.05, 4.69) is 11.9 Å². The second-order valence-corrected chi connectivity index (χ2v) is 8.30. The van der Waals surface area contributed by atoms with Gasteiger partial charge < -0.3 is 9.67 Å². The number of nitrogens with zero attached hydrogens (tertiary/aromatic N) is 2. The van der Waals surface area contributed by atoms with Gasteiger partial charge in [0.25, 0.3) is 5.91 Å². The van der Waals surface area contributed by atoms with E-state index in [9.17, 15) is 14.7 Å². The van der Waals surface area contributed by atoms with Gasteiger partial charge in [-0.25, -0.2) is 4.79 Å². The van der Waals surface area contributed by atoms with Crippen molar-refractivity contribution in [2.45, 2.75) is 45.1 Å². The Labute approximate surface area is 178 Å². The van der Waals surface area contributed by atoms with Crippen molar-refractivity contribution in [3.63, 3.8) is 0 Å². The summed E-state index contributed by atoms with van der Waals surface area (Å²) >= 11 is 7.31. The molecule has 0 aliphatic rings. The van der Waals surface area contributed by atoms with Crippen molar-refractivity contribution in [2.24, 2.45) is 4.99 Å². The third kappa shape index (κ3) is 5.14. The Morgan fingerprint density at radius 1 is 1.14 bits per heavy atom. The van der Waals surface area contributed by atoms with Crippen LogP contribution in [0.1, 0.15) is 55.4 Å². The first-order chi connectivity index (χ1) is 14.0. The molecule has 1 atom stereocenters. The van der Waals surface area contributed by atoms with E-state index in [4.69, 9.17) is 11.6 Å². The number of amides is 1. The minimum atomic E-state index is -0.915. The Kier molecular flexibility index (Phi) is 7.23. The normalized spacial score (nSPS) is 13.0. The van der Waals surface area contributed by atoms with Crippen molar-refractivity contribution in [1.82, 2.24) is 4.57 Å². The standard InChI is InChI=1S/C22H23ClN2O3S/c1-2-3-4-5-12-18(21(27)28)25-17-11-6-7-13-19(17)29-22(25)24-20(26)15-9-8-10-16(23)14-15/h6-11,13-14,18H,2-5,12H2,1H3,(H,27,28)/b24-22-. The van der Waals surface area contributed by atoms with E-state index in [1.165, 1.54) is 11.3 Å². The van der Waals surface area contributed by atoms with Gasteiger partial charge in [0.2, 0.25) is 0 Å². The molecule has 2 aromatic carbocycles. The number of carbonyl (C=O) groups excluding carboxylic acids is 1. The minimum absolute atomic E-state index is 0.372. The van der Waals surface area contributed by atoms with Gasteiger partial charge in [0.1, 0.15) is 6.04 Å². The molecule has 0 saturated carbocycles. The summed E-state index contributed by atoms with van der Waals surface area (Å²) in [5.41, 5.74) is 1.15. The Balaban J connectivity index is 2.07. The average Bonchev–Trinajstić information content (AvgIpc) is 3.05. The topological polar surface area (TPSA) is 71.7 Å². The number of rotatable bonds is 8. The number of aromatic nitrogens is 1. The van der Waals surface area contributed by atoms with Crippen LogP contribution in [-0.2, 0) is 4.79 Å². The molecule has 1 aromatic heterocycles. The second-order valence-electron chi connectivity index (χ2n) is 6.85. The lowest BCUT2D eigenvalue weighted by Gasteiger charge is -2.15. The van der Waals surface area contributed by atoms with E-state index in [1.54, 1.807) is 28.8 Å². The van der Waals surface area contributed by atoms with Gasteiger partial charge in [-0.3, -0.25) is 4.79 Å². The van der Waals surface area contributed by atoms with Gasteiger partial charge in [-0.15, -0.1) is 0 Å². The van der Waals surface area contributed by atoms with Gasteiger partial charge >= 0.3 is 5.97 Å². The van der Waals surface area contributed by atoms with E-state index in [0.717, 1.165) is 35.9 Å². The number of halogens is 1. The summed E-state index contributed by atoms with van der Waals surface area (Å²) in [5, 5.41) is 10.4. The summed E-state index contributed by atoms with van der Waals surface area (Å²) in [7, 11) is 0. The summed E-state index contributed by atoms with van der Waals surface area (Å²) in [5.74, 6) is -1.36. The van der Waals surface area contributed by atoms with Crippen LogP contribution in [0.3, 0.4) is 0 Å². The SMILES string of the molecule is CCCCCCC(C(=O)O)n1/c(=N/C(=O)c2cccc(Cl)c2)sc2ccccc21. The van der Waals surface area contributed by atoms with Crippen LogP contribution in [0.25, 0.3) is 10.2 Å². The first-order valence-electron chi connectivity index (χ1n) is 9.68. The number of para-hydroxylation sites is 1. The van der Waals surface area contributed by atoms with Crippen molar-refractivity contribution in [2.75, 3.05) is 0 Å². The molecule has 0 aliphatic heterocycles. The van der Waals surface area contributed by atoms with Gasteiger partial charge in [0.15, 0.2) is 4.80 Å². The quantitative estimate of drug-likeness (QED) is 0.466. The van der Waals surface area contributed by atoms with Crippen LogP contribution in [0.15, 0.2) is 53.5 Å².